The summed E-state index contributed by atoms with van der Waals surface area (Å²) >= 11 is 1.39. The van der Waals surface area contributed by atoms with Crippen molar-refractivity contribution in [3.63, 3.8) is 0 Å². The predicted molar refractivity (Wildman–Crippen MR) is 163 cm³/mol. The zero-order valence-electron chi connectivity index (χ0n) is 22.2. The number of benzene rings is 2. The molecular weight excluding hydrogens is 520 g/mol. The number of carbonyl (C=O) groups excluding carboxylic acids is 1. The lowest BCUT2D eigenvalue weighted by molar-refractivity contribution is 0.103. The van der Waals surface area contributed by atoms with Crippen molar-refractivity contribution in [2.75, 3.05) is 42.1 Å². The van der Waals surface area contributed by atoms with E-state index in [1.807, 2.05) is 66.2 Å². The van der Waals surface area contributed by atoms with Crippen LogP contribution in [-0.4, -0.2) is 47.9 Å². The van der Waals surface area contributed by atoms with Crippen LogP contribution in [0.3, 0.4) is 0 Å². The number of nitriles is 1. The number of aromatic nitrogens is 1. The first kappa shape index (κ1) is 27.1. The van der Waals surface area contributed by atoms with Crippen LogP contribution in [0.2, 0.25) is 0 Å². The van der Waals surface area contributed by atoms with E-state index >= 15 is 0 Å². The van der Waals surface area contributed by atoms with E-state index in [-0.39, 0.29) is 5.91 Å². The number of guanidine groups is 1. The molecule has 5 rings (SSSR count). The molecule has 0 unspecified atom stereocenters. The molecular formula is C30H32N8OS. The third kappa shape index (κ3) is 7.14. The monoisotopic (exact) mass is 552 g/mol. The van der Waals surface area contributed by atoms with Crippen LogP contribution in [0.1, 0.15) is 34.5 Å². The van der Waals surface area contributed by atoms with E-state index in [9.17, 15) is 10.1 Å². The molecule has 1 fully saturated rings. The minimum Gasteiger partial charge on any atom is -0.380 e. The van der Waals surface area contributed by atoms with Gasteiger partial charge in [0.1, 0.15) is 4.88 Å². The standard InChI is InChI=1S/C30H32N8OS/c31-21-35-30(33-14-17-38-15-4-1-5-16-38)37-24-8-6-7-23(19-24)36-29(39)28-27(12-18-40-28)34-20-22-11-13-32-26-10-3-2-9-25(22)26/h2-3,6-13,18-19,34H,1,4-5,14-17,20H2,(H,36,39)(H2,33,35,37). The fourth-order valence-corrected chi connectivity index (χ4v) is 5.54. The Morgan fingerprint density at radius 3 is 2.70 bits per heavy atom. The molecule has 40 heavy (non-hydrogen) atoms. The average Bonchev–Trinajstić information content (AvgIpc) is 3.46. The van der Waals surface area contributed by atoms with Crippen LogP contribution in [-0.2, 0) is 6.54 Å². The van der Waals surface area contributed by atoms with E-state index in [0.717, 1.165) is 41.8 Å². The minimum atomic E-state index is -0.195. The van der Waals surface area contributed by atoms with Crippen LogP contribution in [0.15, 0.2) is 77.2 Å². The van der Waals surface area contributed by atoms with Crippen LogP contribution in [0.5, 0.6) is 0 Å². The summed E-state index contributed by atoms with van der Waals surface area (Å²) in [5, 5.41) is 24.4. The lowest BCUT2D eigenvalue weighted by Gasteiger charge is -2.25. The zero-order chi connectivity index (χ0) is 27.6. The molecule has 1 amide bonds. The number of hydrogen-bond donors (Lipinski definition) is 4. The smallest absolute Gasteiger partial charge is 0.267 e. The van der Waals surface area contributed by atoms with Gasteiger partial charge in [0.05, 0.1) is 17.7 Å². The second-order valence-electron chi connectivity index (χ2n) is 9.53. The van der Waals surface area contributed by atoms with E-state index in [1.165, 1.54) is 30.6 Å². The Morgan fingerprint density at radius 2 is 1.85 bits per heavy atom. The van der Waals surface area contributed by atoms with Gasteiger partial charge in [0.2, 0.25) is 5.96 Å². The molecule has 1 aliphatic rings. The molecule has 3 heterocycles. The van der Waals surface area contributed by atoms with Crippen LogP contribution in [0, 0.1) is 11.5 Å². The number of carbonyl (C=O) groups is 1. The Morgan fingerprint density at radius 1 is 1.02 bits per heavy atom. The number of likely N-dealkylation sites (tertiary alicyclic amines) is 1. The summed E-state index contributed by atoms with van der Waals surface area (Å²) in [6.07, 6.45) is 7.51. The summed E-state index contributed by atoms with van der Waals surface area (Å²) in [6.45, 7) is 4.24. The fourth-order valence-electron chi connectivity index (χ4n) is 4.77. The van der Waals surface area contributed by atoms with Gasteiger partial charge in [0.25, 0.3) is 5.91 Å². The van der Waals surface area contributed by atoms with E-state index in [1.54, 1.807) is 6.20 Å². The quantitative estimate of drug-likeness (QED) is 0.0939. The summed E-state index contributed by atoms with van der Waals surface area (Å²) in [5.41, 5.74) is 4.18. The van der Waals surface area contributed by atoms with Gasteiger partial charge in [0.15, 0.2) is 6.19 Å². The maximum atomic E-state index is 13.2. The Hall–Kier alpha value is -4.46. The Balaban J connectivity index is 1.20. The highest BCUT2D eigenvalue weighted by Gasteiger charge is 2.15. The van der Waals surface area contributed by atoms with Crippen molar-refractivity contribution in [3.8, 4) is 6.19 Å². The van der Waals surface area contributed by atoms with E-state index in [2.05, 4.69) is 42.2 Å². The number of fused-ring (bicyclic) bond motifs is 1. The van der Waals surface area contributed by atoms with Crippen molar-refractivity contribution >= 4 is 51.2 Å². The highest BCUT2D eigenvalue weighted by Crippen LogP contribution is 2.26. The lowest BCUT2D eigenvalue weighted by atomic mass is 10.1. The molecule has 2 aromatic heterocycles. The maximum absolute atomic E-state index is 13.2. The van der Waals surface area contributed by atoms with E-state index in [0.29, 0.717) is 35.3 Å². The number of nitrogens with zero attached hydrogens (tertiary/aromatic N) is 4. The Kier molecular flexibility index (Phi) is 9.19. The van der Waals surface area contributed by atoms with Gasteiger partial charge in [-0.2, -0.15) is 5.26 Å². The maximum Gasteiger partial charge on any atom is 0.267 e. The van der Waals surface area contributed by atoms with E-state index in [4.69, 9.17) is 0 Å². The number of rotatable bonds is 9. The summed E-state index contributed by atoms with van der Waals surface area (Å²) in [5.74, 6) is 0.191. The molecule has 9 nitrogen and oxygen atoms in total. The largest absolute Gasteiger partial charge is 0.380 e. The third-order valence-electron chi connectivity index (χ3n) is 6.77. The molecule has 0 spiro atoms. The van der Waals surface area contributed by atoms with Gasteiger partial charge in [-0.05, 0) is 73.3 Å². The molecule has 1 aliphatic heterocycles. The zero-order valence-corrected chi connectivity index (χ0v) is 23.0. The van der Waals surface area contributed by atoms with Crippen molar-refractivity contribution in [2.45, 2.75) is 25.8 Å². The molecule has 204 valence electrons. The Bertz CT molecular complexity index is 1510. The van der Waals surface area contributed by atoms with Gasteiger partial charge in [-0.25, -0.2) is 0 Å². The molecule has 10 heteroatoms. The molecule has 0 saturated carbocycles. The number of hydrogen-bond acceptors (Lipinski definition) is 7. The van der Waals surface area contributed by atoms with Gasteiger partial charge in [-0.3, -0.25) is 20.1 Å². The van der Waals surface area contributed by atoms with Crippen molar-refractivity contribution in [1.82, 2.24) is 15.2 Å². The number of thiophene rings is 1. The van der Waals surface area contributed by atoms with E-state index < -0.39 is 0 Å². The van der Waals surface area contributed by atoms with Gasteiger partial charge in [0, 0.05) is 36.0 Å². The van der Waals surface area contributed by atoms with Crippen LogP contribution in [0.4, 0.5) is 17.1 Å². The number of nitrogens with one attached hydrogen (secondary N) is 4. The molecule has 0 radical (unpaired) electrons. The number of para-hydroxylation sites is 1. The van der Waals surface area contributed by atoms with Gasteiger partial charge < -0.3 is 20.9 Å². The first-order chi connectivity index (χ1) is 19.7. The van der Waals surface area contributed by atoms with Crippen molar-refractivity contribution in [3.05, 3.63) is 82.7 Å². The lowest BCUT2D eigenvalue weighted by Crippen LogP contribution is -2.33. The second kappa shape index (κ2) is 13.6. The van der Waals surface area contributed by atoms with Crippen LogP contribution >= 0.6 is 11.3 Å². The molecule has 1 saturated heterocycles. The van der Waals surface area contributed by atoms with Crippen LogP contribution < -0.4 is 21.3 Å². The summed E-state index contributed by atoms with van der Waals surface area (Å²) in [6, 6.07) is 19.3. The van der Waals surface area contributed by atoms with Gasteiger partial charge in [-0.15, -0.1) is 11.3 Å². The Labute approximate surface area is 238 Å². The molecule has 0 bridgehead atoms. The number of piperidine rings is 1. The third-order valence-corrected chi connectivity index (χ3v) is 7.69. The van der Waals surface area contributed by atoms with Crippen LogP contribution in [0.25, 0.3) is 10.9 Å². The average molecular weight is 553 g/mol. The van der Waals surface area contributed by atoms with Gasteiger partial charge in [-0.1, -0.05) is 30.7 Å². The van der Waals surface area contributed by atoms with Crippen molar-refractivity contribution in [2.24, 2.45) is 4.99 Å². The second-order valence-corrected chi connectivity index (χ2v) is 10.4. The molecule has 4 aromatic rings. The summed E-state index contributed by atoms with van der Waals surface area (Å²) in [4.78, 5) is 25.2. The molecule has 0 atom stereocenters. The number of amides is 1. The summed E-state index contributed by atoms with van der Waals surface area (Å²) in [7, 11) is 0. The fraction of sp³-hybridized carbons (Fsp3) is 0.267. The molecule has 0 aliphatic carbocycles. The minimum absolute atomic E-state index is 0.195. The summed E-state index contributed by atoms with van der Waals surface area (Å²) < 4.78 is 0. The highest BCUT2D eigenvalue weighted by atomic mass is 32.1. The topological polar surface area (TPSA) is 117 Å². The SMILES string of the molecule is N#CNC(=NCCN1CCCCC1)Nc1cccc(NC(=O)c2sccc2NCc2ccnc3ccccc23)c1. The normalized spacial score (nSPS) is 13.9. The first-order valence-corrected chi connectivity index (χ1v) is 14.3. The number of aliphatic imine (C=N–C) groups is 1. The predicted octanol–water partition coefficient (Wildman–Crippen LogP) is 5.49. The van der Waals surface area contributed by atoms with Crippen molar-refractivity contribution < 1.29 is 4.79 Å². The molecule has 2 aromatic carbocycles. The first-order valence-electron chi connectivity index (χ1n) is 13.4. The van der Waals surface area contributed by atoms with Crippen molar-refractivity contribution in [1.29, 1.82) is 5.26 Å². The molecule has 4 N–H and O–H groups in total. The van der Waals surface area contributed by atoms with Gasteiger partial charge >= 0.3 is 0 Å². The highest BCUT2D eigenvalue weighted by molar-refractivity contribution is 7.12. The number of anilines is 3. The number of pyridine rings is 1.